The van der Waals surface area contributed by atoms with E-state index in [4.69, 9.17) is 11.6 Å². The van der Waals surface area contributed by atoms with Gasteiger partial charge < -0.3 is 10.4 Å². The highest BCUT2D eigenvalue weighted by molar-refractivity contribution is 9.10. The summed E-state index contributed by atoms with van der Waals surface area (Å²) < 4.78 is 0.974. The first kappa shape index (κ1) is 23.2. The second-order valence-electron chi connectivity index (χ2n) is 8.54. The minimum Gasteiger partial charge on any atom is -0.478 e. The Bertz CT molecular complexity index is 1290. The zero-order chi connectivity index (χ0) is 24.0. The number of aromatic carboxylic acids is 1. The average molecular weight is 560 g/mol. The van der Waals surface area contributed by atoms with Gasteiger partial charge in [-0.1, -0.05) is 40.2 Å². The molecule has 5 rings (SSSR count). The third kappa shape index (κ3) is 4.19. The Morgan fingerprint density at radius 3 is 2.68 bits per heavy atom. The maximum Gasteiger partial charge on any atom is 0.335 e. The molecule has 0 bridgehead atoms. The molecule has 0 unspecified atom stereocenters. The van der Waals surface area contributed by atoms with E-state index in [-0.39, 0.29) is 44.7 Å². The van der Waals surface area contributed by atoms with Gasteiger partial charge in [-0.15, -0.1) is 23.4 Å². The second kappa shape index (κ2) is 9.24. The van der Waals surface area contributed by atoms with Crippen molar-refractivity contribution in [2.75, 3.05) is 5.32 Å². The molecule has 0 saturated heterocycles. The molecular weight excluding hydrogens is 540 g/mol. The number of nitro benzene ring substituents is 1. The summed E-state index contributed by atoms with van der Waals surface area (Å²) in [4.78, 5) is 23.4. The lowest BCUT2D eigenvalue weighted by molar-refractivity contribution is -0.387. The molecule has 0 aromatic heterocycles. The van der Waals surface area contributed by atoms with Crippen LogP contribution in [0.2, 0.25) is 0 Å². The highest BCUT2D eigenvalue weighted by Crippen LogP contribution is 2.58. The first-order valence-electron chi connectivity index (χ1n) is 10.8. The summed E-state index contributed by atoms with van der Waals surface area (Å²) in [6, 6.07) is 19.9. The number of rotatable bonds is 5. The molecule has 1 fully saturated rings. The number of hydrogen-bond donors (Lipinski definition) is 2. The molecule has 1 aliphatic heterocycles. The van der Waals surface area contributed by atoms with Crippen LogP contribution >= 0.6 is 39.3 Å². The summed E-state index contributed by atoms with van der Waals surface area (Å²) in [7, 11) is 0. The number of anilines is 1. The molecule has 1 aliphatic carbocycles. The van der Waals surface area contributed by atoms with Crippen molar-refractivity contribution in [3.05, 3.63) is 98.0 Å². The standard InChI is InChI=1S/C25H20BrClN2O4S/c26-15-5-3-4-13(10-15)24-17-12-21(34-20-7-2-1-6-19(20)29(32)33)23(27)22(17)16-11-14(25(30)31)8-9-18(16)28-24/h1-11,17,21-24,28H,12H2,(H,30,31)/t17-,21-,22-,23+,24-/m0/s1. The minimum atomic E-state index is -0.983. The van der Waals surface area contributed by atoms with Gasteiger partial charge in [0.1, 0.15) is 0 Å². The molecule has 174 valence electrons. The molecule has 5 atom stereocenters. The van der Waals surface area contributed by atoms with E-state index in [0.29, 0.717) is 4.90 Å². The number of thioether (sulfide) groups is 1. The summed E-state index contributed by atoms with van der Waals surface area (Å²) in [6.07, 6.45) is 0.733. The van der Waals surface area contributed by atoms with Crippen molar-refractivity contribution in [1.29, 1.82) is 0 Å². The molecule has 0 radical (unpaired) electrons. The van der Waals surface area contributed by atoms with E-state index >= 15 is 0 Å². The summed E-state index contributed by atoms with van der Waals surface area (Å²) >= 11 is 12.1. The van der Waals surface area contributed by atoms with E-state index in [1.54, 1.807) is 30.3 Å². The number of halogens is 2. The van der Waals surface area contributed by atoms with Crippen LogP contribution in [0.1, 0.15) is 39.9 Å². The zero-order valence-electron chi connectivity index (χ0n) is 17.7. The monoisotopic (exact) mass is 558 g/mol. The van der Waals surface area contributed by atoms with Gasteiger partial charge in [0.25, 0.3) is 5.69 Å². The Kier molecular flexibility index (Phi) is 6.31. The van der Waals surface area contributed by atoms with Gasteiger partial charge in [0.05, 0.1) is 26.8 Å². The Hall–Kier alpha value is -2.55. The van der Waals surface area contributed by atoms with Crippen LogP contribution in [-0.2, 0) is 0 Å². The number of carbonyl (C=O) groups is 1. The number of fused-ring (bicyclic) bond motifs is 3. The maximum absolute atomic E-state index is 11.7. The van der Waals surface area contributed by atoms with Gasteiger partial charge >= 0.3 is 5.97 Å². The van der Waals surface area contributed by atoms with Gasteiger partial charge in [-0.2, -0.15) is 0 Å². The Morgan fingerprint density at radius 2 is 1.94 bits per heavy atom. The van der Waals surface area contributed by atoms with E-state index in [1.807, 2.05) is 18.2 Å². The SMILES string of the molecule is O=C(O)c1ccc2c(c1)[C@@H]1[C@H](Cl)[C@@H](Sc3ccccc3[N+](=O)[O-])C[C@@H]1[C@H](c1cccc(Br)c1)N2. The number of nitrogens with zero attached hydrogens (tertiary/aromatic N) is 1. The number of para-hydroxylation sites is 1. The molecule has 0 spiro atoms. The third-order valence-electron chi connectivity index (χ3n) is 6.61. The van der Waals surface area contributed by atoms with Gasteiger partial charge in [-0.25, -0.2) is 4.79 Å². The van der Waals surface area contributed by atoms with Gasteiger partial charge in [-0.3, -0.25) is 10.1 Å². The zero-order valence-corrected chi connectivity index (χ0v) is 20.9. The van der Waals surface area contributed by atoms with Gasteiger partial charge in [-0.05, 0) is 59.9 Å². The molecule has 2 aliphatic rings. The smallest absolute Gasteiger partial charge is 0.335 e. The predicted octanol–water partition coefficient (Wildman–Crippen LogP) is 7.09. The van der Waals surface area contributed by atoms with Crippen LogP contribution in [0.3, 0.4) is 0 Å². The van der Waals surface area contributed by atoms with Crippen molar-refractivity contribution >= 4 is 56.6 Å². The molecule has 1 heterocycles. The van der Waals surface area contributed by atoms with Crippen LogP contribution in [0.4, 0.5) is 11.4 Å². The molecule has 3 aromatic carbocycles. The number of hydrogen-bond acceptors (Lipinski definition) is 5. The van der Waals surface area contributed by atoms with E-state index in [9.17, 15) is 20.0 Å². The van der Waals surface area contributed by atoms with Crippen LogP contribution in [0.25, 0.3) is 0 Å². The maximum atomic E-state index is 11.7. The van der Waals surface area contributed by atoms with Crippen molar-refractivity contribution < 1.29 is 14.8 Å². The lowest BCUT2D eigenvalue weighted by Crippen LogP contribution is -2.31. The largest absolute Gasteiger partial charge is 0.478 e. The number of alkyl halides is 1. The van der Waals surface area contributed by atoms with Crippen LogP contribution in [0.5, 0.6) is 0 Å². The van der Waals surface area contributed by atoms with Gasteiger partial charge in [0, 0.05) is 27.4 Å². The fourth-order valence-electron chi connectivity index (χ4n) is 5.15. The summed E-state index contributed by atoms with van der Waals surface area (Å²) in [5.74, 6) is -0.988. The average Bonchev–Trinajstić information content (AvgIpc) is 3.14. The summed E-state index contributed by atoms with van der Waals surface area (Å²) in [5.41, 5.74) is 3.16. The highest BCUT2D eigenvalue weighted by Gasteiger charge is 2.50. The number of nitro groups is 1. The van der Waals surface area contributed by atoms with Gasteiger partial charge in [0.15, 0.2) is 0 Å². The van der Waals surface area contributed by atoms with Crippen molar-refractivity contribution in [2.24, 2.45) is 5.92 Å². The molecule has 34 heavy (non-hydrogen) atoms. The number of carboxylic acid groups (broad SMARTS) is 1. The molecule has 6 nitrogen and oxygen atoms in total. The lowest BCUT2D eigenvalue weighted by atomic mass is 9.77. The quantitative estimate of drug-likeness (QED) is 0.197. The lowest BCUT2D eigenvalue weighted by Gasteiger charge is -2.38. The summed E-state index contributed by atoms with van der Waals surface area (Å²) in [6.45, 7) is 0. The number of carboxylic acids is 1. The number of nitrogens with one attached hydrogen (secondary N) is 1. The van der Waals surface area contributed by atoms with Gasteiger partial charge in [0.2, 0.25) is 0 Å². The molecule has 1 saturated carbocycles. The van der Waals surface area contributed by atoms with Crippen molar-refractivity contribution in [2.45, 2.75) is 33.9 Å². The predicted molar refractivity (Wildman–Crippen MR) is 137 cm³/mol. The topological polar surface area (TPSA) is 92.5 Å². The van der Waals surface area contributed by atoms with Crippen molar-refractivity contribution in [3.8, 4) is 0 Å². The van der Waals surface area contributed by atoms with E-state index in [2.05, 4.69) is 33.4 Å². The Labute approximate surface area is 214 Å². The first-order chi connectivity index (χ1) is 16.3. The molecule has 9 heteroatoms. The third-order valence-corrected chi connectivity index (χ3v) is 9.21. The normalized spacial score (nSPS) is 25.2. The minimum absolute atomic E-state index is 0.0247. The fourth-order valence-corrected chi connectivity index (χ4v) is 7.51. The second-order valence-corrected chi connectivity index (χ2v) is 11.2. The molecule has 2 N–H and O–H groups in total. The van der Waals surface area contributed by atoms with E-state index in [0.717, 1.165) is 27.7 Å². The Balaban J connectivity index is 1.56. The fraction of sp³-hybridized carbons (Fsp3) is 0.240. The van der Waals surface area contributed by atoms with Crippen molar-refractivity contribution in [1.82, 2.24) is 0 Å². The van der Waals surface area contributed by atoms with Crippen LogP contribution < -0.4 is 5.32 Å². The van der Waals surface area contributed by atoms with Crippen LogP contribution in [-0.4, -0.2) is 26.6 Å². The molecular formula is C25H20BrClN2O4S. The molecule has 3 aromatic rings. The molecule has 0 amide bonds. The van der Waals surface area contributed by atoms with Crippen molar-refractivity contribution in [3.63, 3.8) is 0 Å². The Morgan fingerprint density at radius 1 is 1.15 bits per heavy atom. The number of benzene rings is 3. The van der Waals surface area contributed by atoms with E-state index < -0.39 is 5.97 Å². The van der Waals surface area contributed by atoms with E-state index in [1.165, 1.54) is 17.8 Å². The summed E-state index contributed by atoms with van der Waals surface area (Å²) in [5, 5.41) is 24.3. The first-order valence-corrected chi connectivity index (χ1v) is 12.9. The van der Waals surface area contributed by atoms with Crippen LogP contribution in [0.15, 0.2) is 76.1 Å². The van der Waals surface area contributed by atoms with Crippen LogP contribution in [0, 0.1) is 16.0 Å². The highest BCUT2D eigenvalue weighted by atomic mass is 79.9.